The molecule has 0 aliphatic heterocycles. The van der Waals surface area contributed by atoms with Crippen molar-refractivity contribution in [2.24, 2.45) is 0 Å². The van der Waals surface area contributed by atoms with E-state index in [1.54, 1.807) is 21.3 Å². The first-order valence-corrected chi connectivity index (χ1v) is 9.04. The van der Waals surface area contributed by atoms with Crippen LogP contribution in [0.2, 0.25) is 6.04 Å². The number of amides is 1. The molecule has 0 aromatic carbocycles. The van der Waals surface area contributed by atoms with Crippen LogP contribution in [0, 0.1) is 0 Å². The van der Waals surface area contributed by atoms with Gasteiger partial charge in [-0.05, 0) is 19.3 Å². The van der Waals surface area contributed by atoms with E-state index in [0.717, 1.165) is 19.3 Å². The minimum Gasteiger partial charge on any atom is -0.377 e. The van der Waals surface area contributed by atoms with Gasteiger partial charge in [0, 0.05) is 39.8 Å². The van der Waals surface area contributed by atoms with E-state index in [9.17, 15) is 4.79 Å². The third kappa shape index (κ3) is 5.60. The number of hydrogen-bond acceptors (Lipinski definition) is 4. The molecule has 1 fully saturated rings. The molecule has 0 radical (unpaired) electrons. The van der Waals surface area contributed by atoms with Gasteiger partial charge in [-0.1, -0.05) is 19.3 Å². The van der Waals surface area contributed by atoms with Gasteiger partial charge in [0.15, 0.2) is 0 Å². The molecule has 0 unspecified atom stereocenters. The number of carbonyl (C=O) groups excluding carboxylic acids is 1. The van der Waals surface area contributed by atoms with Crippen LogP contribution in [0.25, 0.3) is 0 Å². The van der Waals surface area contributed by atoms with Gasteiger partial charge in [-0.25, -0.2) is 0 Å². The molecule has 0 bridgehead atoms. The molecule has 1 amide bonds. The zero-order valence-corrected chi connectivity index (χ0v) is 13.4. The molecule has 19 heavy (non-hydrogen) atoms. The zero-order valence-electron chi connectivity index (χ0n) is 12.4. The minimum absolute atomic E-state index is 0.137. The summed E-state index contributed by atoms with van der Waals surface area (Å²) in [5.74, 6) is 0.137. The third-order valence-electron chi connectivity index (χ3n) is 3.79. The SMILES string of the molecule is CO[Si](CCCC(=O)NC1CCCCC1)(OC)OC. The van der Waals surface area contributed by atoms with Crippen molar-refractivity contribution in [2.75, 3.05) is 21.3 Å². The molecule has 0 aromatic rings. The van der Waals surface area contributed by atoms with Crippen molar-refractivity contribution in [3.63, 3.8) is 0 Å². The molecule has 1 aliphatic rings. The van der Waals surface area contributed by atoms with E-state index in [2.05, 4.69) is 5.32 Å². The van der Waals surface area contributed by atoms with E-state index in [0.29, 0.717) is 18.5 Å². The van der Waals surface area contributed by atoms with Crippen molar-refractivity contribution < 1.29 is 18.1 Å². The summed E-state index contributed by atoms with van der Waals surface area (Å²) in [7, 11) is 2.28. The molecule has 0 saturated heterocycles. The van der Waals surface area contributed by atoms with Crippen LogP contribution in [-0.2, 0) is 18.1 Å². The second-order valence-electron chi connectivity index (χ2n) is 5.05. The van der Waals surface area contributed by atoms with Crippen molar-refractivity contribution in [1.82, 2.24) is 5.32 Å². The van der Waals surface area contributed by atoms with Crippen LogP contribution in [0.3, 0.4) is 0 Å². The van der Waals surface area contributed by atoms with E-state index < -0.39 is 8.80 Å². The topological polar surface area (TPSA) is 56.8 Å². The fourth-order valence-corrected chi connectivity index (χ4v) is 4.29. The molecular formula is C13H27NO4Si. The molecule has 112 valence electrons. The van der Waals surface area contributed by atoms with Crippen molar-refractivity contribution in [1.29, 1.82) is 0 Å². The first-order valence-electron chi connectivity index (χ1n) is 7.10. The lowest BCUT2D eigenvalue weighted by molar-refractivity contribution is -0.122. The van der Waals surface area contributed by atoms with Gasteiger partial charge >= 0.3 is 8.80 Å². The molecule has 1 N–H and O–H groups in total. The lowest BCUT2D eigenvalue weighted by Crippen LogP contribution is -2.43. The zero-order chi connectivity index (χ0) is 14.1. The van der Waals surface area contributed by atoms with E-state index in [1.807, 2.05) is 0 Å². The molecule has 1 aliphatic carbocycles. The van der Waals surface area contributed by atoms with Gasteiger partial charge < -0.3 is 18.6 Å². The normalized spacial score (nSPS) is 17.4. The smallest absolute Gasteiger partial charge is 0.377 e. The highest BCUT2D eigenvalue weighted by Gasteiger charge is 2.37. The number of carbonyl (C=O) groups is 1. The number of rotatable bonds is 8. The molecule has 5 nitrogen and oxygen atoms in total. The monoisotopic (exact) mass is 289 g/mol. The maximum atomic E-state index is 11.8. The second-order valence-corrected chi connectivity index (χ2v) is 8.14. The Balaban J connectivity index is 2.22. The quantitative estimate of drug-likeness (QED) is 0.695. The third-order valence-corrected chi connectivity index (χ3v) is 6.62. The Morgan fingerprint density at radius 2 is 1.68 bits per heavy atom. The summed E-state index contributed by atoms with van der Waals surface area (Å²) in [6, 6.07) is 1.06. The molecular weight excluding hydrogens is 262 g/mol. The summed E-state index contributed by atoms with van der Waals surface area (Å²) >= 11 is 0. The van der Waals surface area contributed by atoms with Gasteiger partial charge in [-0.15, -0.1) is 0 Å². The number of nitrogens with one attached hydrogen (secondary N) is 1. The summed E-state index contributed by atoms with van der Waals surface area (Å²) in [6.45, 7) is 0. The van der Waals surface area contributed by atoms with Crippen molar-refractivity contribution in [3.8, 4) is 0 Å². The second kappa shape index (κ2) is 8.68. The highest BCUT2D eigenvalue weighted by atomic mass is 28.4. The summed E-state index contributed by atoms with van der Waals surface area (Å²) in [5, 5.41) is 3.11. The van der Waals surface area contributed by atoms with Gasteiger partial charge in [0.1, 0.15) is 0 Å². The van der Waals surface area contributed by atoms with Gasteiger partial charge in [-0.2, -0.15) is 0 Å². The van der Waals surface area contributed by atoms with Crippen LogP contribution >= 0.6 is 0 Å². The standard InChI is InChI=1S/C13H27NO4Si/c1-16-19(17-2,18-3)11-7-10-13(15)14-12-8-5-4-6-9-12/h12H,4-11H2,1-3H3,(H,14,15). The Morgan fingerprint density at radius 1 is 1.11 bits per heavy atom. The molecule has 1 rings (SSSR count). The van der Waals surface area contributed by atoms with Gasteiger partial charge in [0.05, 0.1) is 0 Å². The van der Waals surface area contributed by atoms with E-state index in [-0.39, 0.29) is 5.91 Å². The maximum absolute atomic E-state index is 11.8. The van der Waals surface area contributed by atoms with Crippen LogP contribution in [0.1, 0.15) is 44.9 Å². The fourth-order valence-electron chi connectivity index (χ4n) is 2.57. The lowest BCUT2D eigenvalue weighted by atomic mass is 9.95. The summed E-state index contributed by atoms with van der Waals surface area (Å²) in [4.78, 5) is 11.8. The van der Waals surface area contributed by atoms with Gasteiger partial charge in [0.2, 0.25) is 5.91 Å². The first kappa shape index (κ1) is 16.6. The Morgan fingerprint density at radius 3 is 2.21 bits per heavy atom. The number of hydrogen-bond donors (Lipinski definition) is 1. The van der Waals surface area contributed by atoms with E-state index in [4.69, 9.17) is 13.3 Å². The molecule has 6 heteroatoms. The van der Waals surface area contributed by atoms with Crippen LogP contribution in [0.5, 0.6) is 0 Å². The van der Waals surface area contributed by atoms with Crippen LogP contribution in [0.15, 0.2) is 0 Å². The van der Waals surface area contributed by atoms with Crippen LogP contribution in [-0.4, -0.2) is 42.1 Å². The largest absolute Gasteiger partial charge is 0.500 e. The molecule has 0 heterocycles. The average Bonchev–Trinajstić information content (AvgIpc) is 2.45. The van der Waals surface area contributed by atoms with E-state index >= 15 is 0 Å². The first-order chi connectivity index (χ1) is 9.15. The summed E-state index contributed by atoms with van der Waals surface area (Å²) in [5.41, 5.74) is 0. The average molecular weight is 289 g/mol. The Kier molecular flexibility index (Phi) is 7.59. The van der Waals surface area contributed by atoms with Crippen LogP contribution < -0.4 is 5.32 Å². The highest BCUT2D eigenvalue weighted by Crippen LogP contribution is 2.19. The Bertz CT molecular complexity index is 257. The molecule has 0 spiro atoms. The van der Waals surface area contributed by atoms with E-state index in [1.165, 1.54) is 19.3 Å². The minimum atomic E-state index is -2.52. The highest BCUT2D eigenvalue weighted by molar-refractivity contribution is 6.60. The van der Waals surface area contributed by atoms with Crippen molar-refractivity contribution >= 4 is 14.7 Å². The molecule has 1 saturated carbocycles. The molecule has 0 aromatic heterocycles. The molecule has 0 atom stereocenters. The predicted octanol–water partition coefficient (Wildman–Crippen LogP) is 2.09. The van der Waals surface area contributed by atoms with Crippen molar-refractivity contribution in [2.45, 2.75) is 57.0 Å². The summed E-state index contributed by atoms with van der Waals surface area (Å²) < 4.78 is 16.0. The fraction of sp³-hybridized carbons (Fsp3) is 0.923. The predicted molar refractivity (Wildman–Crippen MR) is 75.8 cm³/mol. The maximum Gasteiger partial charge on any atom is 0.500 e. The lowest BCUT2D eigenvalue weighted by Gasteiger charge is -2.25. The van der Waals surface area contributed by atoms with Gasteiger partial charge in [0.25, 0.3) is 0 Å². The Labute approximate surface area is 117 Å². The van der Waals surface area contributed by atoms with Crippen LogP contribution in [0.4, 0.5) is 0 Å². The Hall–Kier alpha value is -0.433. The van der Waals surface area contributed by atoms with Crippen molar-refractivity contribution in [3.05, 3.63) is 0 Å². The van der Waals surface area contributed by atoms with Gasteiger partial charge in [-0.3, -0.25) is 4.79 Å². The summed E-state index contributed by atoms with van der Waals surface area (Å²) in [6.07, 6.45) is 7.27.